The van der Waals surface area contributed by atoms with Crippen LogP contribution in [0.25, 0.3) is 5.82 Å². The summed E-state index contributed by atoms with van der Waals surface area (Å²) in [6.07, 6.45) is 4.12. The normalized spacial score (nSPS) is 8.88. The highest BCUT2D eigenvalue weighted by molar-refractivity contribution is 5.06. The Morgan fingerprint density at radius 3 is 2.12 bits per heavy atom. The second-order valence-electron chi connectivity index (χ2n) is 3.38. The van der Waals surface area contributed by atoms with E-state index in [4.69, 9.17) is 0 Å². The Morgan fingerprint density at radius 1 is 0.875 bits per heavy atom. The van der Waals surface area contributed by atoms with Crippen molar-refractivity contribution in [1.29, 1.82) is 0 Å². The summed E-state index contributed by atoms with van der Waals surface area (Å²) in [6, 6.07) is 12.4. The third kappa shape index (κ3) is 2.94. The van der Waals surface area contributed by atoms with E-state index in [1.165, 1.54) is 11.5 Å². The van der Waals surface area contributed by atoms with Crippen molar-refractivity contribution in [1.82, 2.24) is 0 Å². The van der Waals surface area contributed by atoms with Crippen molar-refractivity contribution in [3.63, 3.8) is 0 Å². The first-order valence-electron chi connectivity index (χ1n) is 4.71. The lowest BCUT2D eigenvalue weighted by Gasteiger charge is -1.95. The lowest BCUT2D eigenvalue weighted by atomic mass is 10.3. The number of nitrogens with zero attached hydrogens (tertiary/aromatic N) is 2. The average molecular weight is 257 g/mol. The number of halogens is 2. The molecule has 0 saturated heterocycles. The lowest BCUT2D eigenvalue weighted by Crippen LogP contribution is -3.00. The van der Waals surface area contributed by atoms with E-state index in [-0.39, 0.29) is 24.8 Å². The molecule has 0 amide bonds. The van der Waals surface area contributed by atoms with Gasteiger partial charge in [-0.1, -0.05) is 6.07 Å². The standard InChI is InChI=1S/C12H14N2.2ClH/c1-11-7-3-6-10-14(11)12-8-4-5-9-13(12)2;;/h3-10H,1-2H3;2*1H/q+2;;/p-2. The number of hydrogen-bond acceptors (Lipinski definition) is 0. The van der Waals surface area contributed by atoms with E-state index in [0.717, 1.165) is 0 Å². The van der Waals surface area contributed by atoms with E-state index in [9.17, 15) is 0 Å². The molecule has 0 aliphatic rings. The first-order chi connectivity index (χ1) is 6.79. The molecule has 0 aliphatic carbocycles. The zero-order valence-corrected chi connectivity index (χ0v) is 10.8. The van der Waals surface area contributed by atoms with Crippen LogP contribution in [0.5, 0.6) is 0 Å². The van der Waals surface area contributed by atoms with Crippen LogP contribution in [0, 0.1) is 6.92 Å². The maximum Gasteiger partial charge on any atom is 0.449 e. The Hall–Kier alpha value is -1.12. The average Bonchev–Trinajstić information content (AvgIpc) is 2.20. The van der Waals surface area contributed by atoms with Crippen molar-refractivity contribution in [2.45, 2.75) is 6.92 Å². The first kappa shape index (κ1) is 14.9. The van der Waals surface area contributed by atoms with Crippen molar-refractivity contribution in [3.8, 4) is 5.82 Å². The molecule has 0 atom stereocenters. The second kappa shape index (κ2) is 6.46. The molecule has 2 aromatic rings. The van der Waals surface area contributed by atoms with Gasteiger partial charge in [0.15, 0.2) is 18.1 Å². The van der Waals surface area contributed by atoms with Gasteiger partial charge < -0.3 is 24.8 Å². The summed E-state index contributed by atoms with van der Waals surface area (Å²) in [7, 11) is 2.05. The fraction of sp³-hybridized carbons (Fsp3) is 0.167. The molecule has 0 N–H and O–H groups in total. The lowest BCUT2D eigenvalue weighted by molar-refractivity contribution is -0.780. The molecule has 2 aromatic heterocycles. The summed E-state index contributed by atoms with van der Waals surface area (Å²) >= 11 is 0. The quantitative estimate of drug-likeness (QED) is 0.453. The number of hydrogen-bond donors (Lipinski definition) is 0. The van der Waals surface area contributed by atoms with Crippen molar-refractivity contribution in [2.75, 3.05) is 0 Å². The summed E-state index contributed by atoms with van der Waals surface area (Å²) in [4.78, 5) is 0. The van der Waals surface area contributed by atoms with Crippen molar-refractivity contribution in [3.05, 3.63) is 54.5 Å². The zero-order chi connectivity index (χ0) is 9.97. The minimum Gasteiger partial charge on any atom is -1.00 e. The molecule has 0 saturated carbocycles. The third-order valence-electron chi connectivity index (χ3n) is 2.34. The monoisotopic (exact) mass is 256 g/mol. The highest BCUT2D eigenvalue weighted by Gasteiger charge is 2.17. The molecular formula is C12H14Cl2N2. The van der Waals surface area contributed by atoms with Gasteiger partial charge in [0.05, 0.1) is 6.07 Å². The van der Waals surface area contributed by atoms with Crippen LogP contribution < -0.4 is 33.9 Å². The van der Waals surface area contributed by atoms with Crippen LogP contribution in [-0.2, 0) is 7.05 Å². The number of pyridine rings is 2. The largest absolute Gasteiger partial charge is 1.00 e. The molecule has 2 rings (SSSR count). The fourth-order valence-electron chi connectivity index (χ4n) is 1.55. The summed E-state index contributed by atoms with van der Waals surface area (Å²) < 4.78 is 4.27. The second-order valence-corrected chi connectivity index (χ2v) is 3.38. The van der Waals surface area contributed by atoms with Crippen molar-refractivity contribution in [2.24, 2.45) is 7.05 Å². The fourth-order valence-corrected chi connectivity index (χ4v) is 1.55. The van der Waals surface area contributed by atoms with E-state index in [2.05, 4.69) is 59.8 Å². The minimum absolute atomic E-state index is 0. The molecular weight excluding hydrogens is 243 g/mol. The van der Waals surface area contributed by atoms with Crippen LogP contribution in [0.4, 0.5) is 0 Å². The van der Waals surface area contributed by atoms with Gasteiger partial charge in [-0.05, 0) is 6.07 Å². The molecule has 0 bridgehead atoms. The van der Waals surface area contributed by atoms with E-state index < -0.39 is 0 Å². The van der Waals surface area contributed by atoms with Gasteiger partial charge in [0.2, 0.25) is 0 Å². The van der Waals surface area contributed by atoms with Crippen LogP contribution >= 0.6 is 0 Å². The van der Waals surface area contributed by atoms with Gasteiger partial charge in [-0.15, -0.1) is 9.13 Å². The summed E-state index contributed by atoms with van der Waals surface area (Å²) in [5.74, 6) is 1.17. The van der Waals surface area contributed by atoms with Crippen LogP contribution in [0.3, 0.4) is 0 Å². The molecule has 0 unspecified atom stereocenters. The Balaban J connectivity index is 0.00000112. The van der Waals surface area contributed by atoms with Crippen LogP contribution in [0.2, 0.25) is 0 Å². The number of aromatic nitrogens is 2. The van der Waals surface area contributed by atoms with E-state index in [1.54, 1.807) is 0 Å². The number of rotatable bonds is 1. The molecule has 86 valence electrons. The Labute approximate surface area is 108 Å². The number of aryl methyl sites for hydroxylation is 2. The molecule has 4 heteroatoms. The first-order valence-corrected chi connectivity index (χ1v) is 4.71. The third-order valence-corrected chi connectivity index (χ3v) is 2.34. The van der Waals surface area contributed by atoms with Crippen LogP contribution in [0.1, 0.15) is 5.69 Å². The molecule has 2 heterocycles. The Kier molecular flexibility index (Phi) is 6.01. The van der Waals surface area contributed by atoms with Gasteiger partial charge >= 0.3 is 5.82 Å². The molecule has 0 spiro atoms. The molecule has 0 radical (unpaired) electrons. The highest BCUT2D eigenvalue weighted by Crippen LogP contribution is 1.94. The van der Waals surface area contributed by atoms with E-state index >= 15 is 0 Å². The molecule has 2 nitrogen and oxygen atoms in total. The zero-order valence-electron chi connectivity index (χ0n) is 9.27. The molecule has 16 heavy (non-hydrogen) atoms. The summed E-state index contributed by atoms with van der Waals surface area (Å²) in [5, 5.41) is 0. The minimum atomic E-state index is 0. The topological polar surface area (TPSA) is 7.76 Å². The molecule has 0 fully saturated rings. The predicted molar refractivity (Wildman–Crippen MR) is 53.9 cm³/mol. The van der Waals surface area contributed by atoms with Gasteiger partial charge in [-0.25, -0.2) is 0 Å². The maximum absolute atomic E-state index is 2.17. The Bertz CT molecular complexity index is 415. The van der Waals surface area contributed by atoms with E-state index in [0.29, 0.717) is 0 Å². The van der Waals surface area contributed by atoms with Crippen molar-refractivity contribution < 1.29 is 33.9 Å². The van der Waals surface area contributed by atoms with Gasteiger partial charge in [-0.2, -0.15) is 0 Å². The molecule has 0 aliphatic heterocycles. The Morgan fingerprint density at radius 2 is 1.50 bits per heavy atom. The summed E-state index contributed by atoms with van der Waals surface area (Å²) in [5.41, 5.74) is 1.23. The van der Waals surface area contributed by atoms with Crippen molar-refractivity contribution >= 4 is 0 Å². The highest BCUT2D eigenvalue weighted by atomic mass is 35.5. The van der Waals surface area contributed by atoms with Crippen LogP contribution in [0.15, 0.2) is 48.8 Å². The van der Waals surface area contributed by atoms with Gasteiger partial charge in [-0.3, -0.25) is 0 Å². The van der Waals surface area contributed by atoms with Gasteiger partial charge in [0.25, 0.3) is 0 Å². The maximum atomic E-state index is 2.17. The SMILES string of the molecule is Cc1cccc[n+]1-c1cccc[n+]1C.[Cl-].[Cl-]. The van der Waals surface area contributed by atoms with E-state index in [1.807, 2.05) is 12.1 Å². The van der Waals surface area contributed by atoms with Crippen LogP contribution in [-0.4, -0.2) is 0 Å². The predicted octanol–water partition coefficient (Wildman–Crippen LogP) is -4.90. The van der Waals surface area contributed by atoms with Gasteiger partial charge in [0.1, 0.15) is 7.05 Å². The molecule has 0 aromatic carbocycles. The smallest absolute Gasteiger partial charge is 0.449 e. The van der Waals surface area contributed by atoms with Gasteiger partial charge in [0, 0.05) is 25.1 Å². The summed E-state index contributed by atoms with van der Waals surface area (Å²) in [6.45, 7) is 2.10.